The van der Waals surface area contributed by atoms with Crippen molar-refractivity contribution in [2.75, 3.05) is 0 Å². The van der Waals surface area contributed by atoms with Gasteiger partial charge in [0.05, 0.1) is 6.26 Å². The fourth-order valence-corrected chi connectivity index (χ4v) is 2.73. The Kier molecular flexibility index (Phi) is 3.57. The first kappa shape index (κ1) is 13.6. The van der Waals surface area contributed by atoms with Crippen molar-refractivity contribution in [1.29, 1.82) is 0 Å². The minimum Gasteiger partial charge on any atom is -0.464 e. The molecule has 1 aliphatic rings. The van der Waals surface area contributed by atoms with Crippen molar-refractivity contribution in [1.82, 2.24) is 0 Å². The van der Waals surface area contributed by atoms with Crippen LogP contribution < -0.4 is 4.74 Å². The van der Waals surface area contributed by atoms with Gasteiger partial charge in [-0.25, -0.2) is 0 Å². The van der Waals surface area contributed by atoms with Gasteiger partial charge in [-0.2, -0.15) is 0 Å². The van der Waals surface area contributed by atoms with E-state index in [4.69, 9.17) is 9.15 Å². The molecule has 0 fully saturated rings. The van der Waals surface area contributed by atoms with Crippen LogP contribution in [0, 0.1) is 0 Å². The van der Waals surface area contributed by atoms with Crippen molar-refractivity contribution < 1.29 is 9.15 Å². The SMILES string of the molecule is c1ccc2c(c1)Cc1ccccc1O2.c1ccc2occc2c1. The number of ether oxygens (including phenoxy) is 1. The van der Waals surface area contributed by atoms with Crippen molar-refractivity contribution in [2.45, 2.75) is 6.42 Å². The second-order valence-corrected chi connectivity index (χ2v) is 5.45. The summed E-state index contributed by atoms with van der Waals surface area (Å²) in [4.78, 5) is 0. The predicted molar refractivity (Wildman–Crippen MR) is 92.0 cm³/mol. The topological polar surface area (TPSA) is 22.4 Å². The van der Waals surface area contributed by atoms with Crippen LogP contribution in [0.25, 0.3) is 11.0 Å². The molecule has 0 spiro atoms. The largest absolute Gasteiger partial charge is 0.464 e. The van der Waals surface area contributed by atoms with Gasteiger partial charge < -0.3 is 9.15 Å². The quantitative estimate of drug-likeness (QED) is 0.360. The Labute approximate surface area is 135 Å². The molecule has 4 aromatic rings. The molecule has 23 heavy (non-hydrogen) atoms. The molecule has 1 aromatic heterocycles. The number of hydrogen-bond acceptors (Lipinski definition) is 2. The highest BCUT2D eigenvalue weighted by Gasteiger charge is 2.14. The van der Waals surface area contributed by atoms with E-state index in [1.54, 1.807) is 6.26 Å². The highest BCUT2D eigenvalue weighted by atomic mass is 16.5. The van der Waals surface area contributed by atoms with Crippen LogP contribution in [0.4, 0.5) is 0 Å². The number of rotatable bonds is 0. The minimum absolute atomic E-state index is 0.956. The van der Waals surface area contributed by atoms with E-state index in [1.165, 1.54) is 11.1 Å². The lowest BCUT2D eigenvalue weighted by Crippen LogP contribution is -2.01. The van der Waals surface area contributed by atoms with E-state index in [1.807, 2.05) is 54.6 Å². The van der Waals surface area contributed by atoms with Gasteiger partial charge in [-0.05, 0) is 35.4 Å². The molecule has 0 unspecified atom stereocenters. The van der Waals surface area contributed by atoms with E-state index in [2.05, 4.69) is 24.3 Å². The highest BCUT2D eigenvalue weighted by Crippen LogP contribution is 2.35. The van der Waals surface area contributed by atoms with Crippen LogP contribution in [0.3, 0.4) is 0 Å². The minimum atomic E-state index is 0.956. The lowest BCUT2D eigenvalue weighted by Gasteiger charge is -2.19. The van der Waals surface area contributed by atoms with Gasteiger partial charge >= 0.3 is 0 Å². The Morgan fingerprint density at radius 1 is 0.609 bits per heavy atom. The molecule has 0 radical (unpaired) electrons. The second-order valence-electron chi connectivity index (χ2n) is 5.45. The molecule has 0 bridgehead atoms. The zero-order chi connectivity index (χ0) is 15.5. The van der Waals surface area contributed by atoms with Gasteiger partial charge in [0.2, 0.25) is 0 Å². The lowest BCUT2D eigenvalue weighted by atomic mass is 10.0. The smallest absolute Gasteiger partial charge is 0.133 e. The molecule has 2 heteroatoms. The first-order chi connectivity index (χ1) is 11.4. The summed E-state index contributed by atoms with van der Waals surface area (Å²) >= 11 is 0. The van der Waals surface area contributed by atoms with Gasteiger partial charge in [-0.3, -0.25) is 0 Å². The molecule has 0 saturated carbocycles. The highest BCUT2D eigenvalue weighted by molar-refractivity contribution is 5.76. The average molecular weight is 300 g/mol. The summed E-state index contributed by atoms with van der Waals surface area (Å²) in [6.07, 6.45) is 2.68. The monoisotopic (exact) mass is 300 g/mol. The third-order valence-electron chi connectivity index (χ3n) is 3.91. The Bertz CT molecular complexity index is 819. The standard InChI is InChI=1S/C13H10O.C8H6O/c1-3-7-12-10(5-1)9-11-6-2-4-8-13(11)14-12;1-2-4-8-7(3-1)5-6-9-8/h1-8H,9H2;1-6H. The second kappa shape index (κ2) is 6.01. The fourth-order valence-electron chi connectivity index (χ4n) is 2.73. The summed E-state index contributed by atoms with van der Waals surface area (Å²) in [5, 5.41) is 1.16. The third-order valence-corrected chi connectivity index (χ3v) is 3.91. The first-order valence-corrected chi connectivity index (χ1v) is 7.66. The average Bonchev–Trinajstić information content (AvgIpc) is 3.09. The van der Waals surface area contributed by atoms with Gasteiger partial charge in [0.25, 0.3) is 0 Å². The normalized spacial score (nSPS) is 11.7. The molecule has 112 valence electrons. The van der Waals surface area contributed by atoms with E-state index in [-0.39, 0.29) is 0 Å². The number of fused-ring (bicyclic) bond motifs is 3. The molecule has 0 atom stereocenters. The van der Waals surface area contributed by atoms with Crippen molar-refractivity contribution in [3.05, 3.63) is 96.3 Å². The van der Waals surface area contributed by atoms with Crippen molar-refractivity contribution in [3.63, 3.8) is 0 Å². The Morgan fingerprint density at radius 2 is 1.22 bits per heavy atom. The predicted octanol–water partition coefficient (Wildman–Crippen LogP) is 5.82. The number of hydrogen-bond donors (Lipinski definition) is 0. The van der Waals surface area contributed by atoms with Gasteiger partial charge in [-0.1, -0.05) is 54.6 Å². The third kappa shape index (κ3) is 2.84. The Morgan fingerprint density at radius 3 is 1.91 bits per heavy atom. The van der Waals surface area contributed by atoms with Crippen LogP contribution in [-0.2, 0) is 6.42 Å². The van der Waals surface area contributed by atoms with Gasteiger partial charge in [-0.15, -0.1) is 0 Å². The zero-order valence-electron chi connectivity index (χ0n) is 12.6. The lowest BCUT2D eigenvalue weighted by molar-refractivity contribution is 0.460. The Hall–Kier alpha value is -3.00. The molecule has 3 aromatic carbocycles. The van der Waals surface area contributed by atoms with Gasteiger partial charge in [0.1, 0.15) is 17.1 Å². The molecule has 0 saturated heterocycles. The van der Waals surface area contributed by atoms with E-state index < -0.39 is 0 Å². The molecule has 0 aliphatic carbocycles. The van der Waals surface area contributed by atoms with Gasteiger partial charge in [0, 0.05) is 11.8 Å². The maximum absolute atomic E-state index is 5.78. The molecule has 2 nitrogen and oxygen atoms in total. The summed E-state index contributed by atoms with van der Waals surface area (Å²) < 4.78 is 10.9. The van der Waals surface area contributed by atoms with Crippen LogP contribution in [0.2, 0.25) is 0 Å². The van der Waals surface area contributed by atoms with Crippen molar-refractivity contribution in [3.8, 4) is 11.5 Å². The van der Waals surface area contributed by atoms with Crippen LogP contribution in [-0.4, -0.2) is 0 Å². The molecule has 2 heterocycles. The zero-order valence-corrected chi connectivity index (χ0v) is 12.6. The van der Waals surface area contributed by atoms with Crippen LogP contribution >= 0.6 is 0 Å². The van der Waals surface area contributed by atoms with Crippen LogP contribution in [0.5, 0.6) is 11.5 Å². The van der Waals surface area contributed by atoms with E-state index in [9.17, 15) is 0 Å². The summed E-state index contributed by atoms with van der Waals surface area (Å²) in [6, 6.07) is 26.3. The number of benzene rings is 3. The molecule has 1 aliphatic heterocycles. The molecule has 0 N–H and O–H groups in total. The molecule has 0 amide bonds. The van der Waals surface area contributed by atoms with E-state index in [0.29, 0.717) is 0 Å². The van der Waals surface area contributed by atoms with E-state index in [0.717, 1.165) is 28.9 Å². The summed E-state index contributed by atoms with van der Waals surface area (Å²) in [5.74, 6) is 1.98. The molecular formula is C21H16O2. The fraction of sp³-hybridized carbons (Fsp3) is 0.0476. The van der Waals surface area contributed by atoms with Gasteiger partial charge in [0.15, 0.2) is 0 Å². The van der Waals surface area contributed by atoms with Crippen molar-refractivity contribution >= 4 is 11.0 Å². The molecule has 5 rings (SSSR count). The first-order valence-electron chi connectivity index (χ1n) is 7.66. The van der Waals surface area contributed by atoms with E-state index >= 15 is 0 Å². The maximum atomic E-state index is 5.78. The number of furan rings is 1. The number of para-hydroxylation sites is 3. The summed E-state index contributed by atoms with van der Waals surface area (Å²) in [5.41, 5.74) is 3.50. The van der Waals surface area contributed by atoms with Crippen LogP contribution in [0.15, 0.2) is 89.5 Å². The summed E-state index contributed by atoms with van der Waals surface area (Å²) in [6.45, 7) is 0. The van der Waals surface area contributed by atoms with Crippen LogP contribution in [0.1, 0.15) is 11.1 Å². The Balaban J connectivity index is 0.000000130. The maximum Gasteiger partial charge on any atom is 0.133 e. The van der Waals surface area contributed by atoms with Crippen molar-refractivity contribution in [2.24, 2.45) is 0 Å². The molecular weight excluding hydrogens is 284 g/mol. The summed E-state index contributed by atoms with van der Waals surface area (Å²) in [7, 11) is 0.